The molecule has 0 fully saturated rings. The zero-order valence-electron chi connectivity index (χ0n) is 8.90. The number of ketones is 1. The molecule has 72 valence electrons. The number of carbonyl (C=O) groups excluding carboxylic acids is 1. The number of hydrogen-bond donors (Lipinski definition) is 1. The van der Waals surface area contributed by atoms with Crippen molar-refractivity contribution < 1.29 is 4.79 Å². The second kappa shape index (κ2) is 4.61. The van der Waals surface area contributed by atoms with Crippen LogP contribution in [0.2, 0.25) is 0 Å². The second-order valence-corrected chi connectivity index (χ2v) is 4.45. The van der Waals surface area contributed by atoms with Gasteiger partial charge in [-0.3, -0.25) is 4.79 Å². The fourth-order valence-corrected chi connectivity index (χ4v) is 0.765. The smallest absolute Gasteiger partial charge is 0.143 e. The van der Waals surface area contributed by atoms with E-state index in [1.165, 1.54) is 0 Å². The summed E-state index contributed by atoms with van der Waals surface area (Å²) in [6.07, 6.45) is 0. The van der Waals surface area contributed by atoms with E-state index in [1.807, 2.05) is 0 Å². The van der Waals surface area contributed by atoms with Gasteiger partial charge in [0.15, 0.2) is 0 Å². The molecule has 0 unspecified atom stereocenters. The molecule has 0 heterocycles. The van der Waals surface area contributed by atoms with Crippen molar-refractivity contribution in [1.29, 1.82) is 0 Å². The van der Waals surface area contributed by atoms with Crippen LogP contribution >= 0.6 is 0 Å². The number of hydrogen-bond acceptors (Lipinski definition) is 2. The highest BCUT2D eigenvalue weighted by Crippen LogP contribution is 2.24. The summed E-state index contributed by atoms with van der Waals surface area (Å²) in [5.41, 5.74) is 0.273. The van der Waals surface area contributed by atoms with E-state index >= 15 is 0 Å². The SMILES string of the molecule is CC(=O)CNCC(C)(C)C(C)C. The van der Waals surface area contributed by atoms with E-state index in [4.69, 9.17) is 0 Å². The van der Waals surface area contributed by atoms with Gasteiger partial charge in [-0.15, -0.1) is 0 Å². The molecule has 0 atom stereocenters. The maximum atomic E-state index is 10.6. The lowest BCUT2D eigenvalue weighted by atomic mass is 9.81. The molecular formula is C10H21NO. The molecule has 0 aliphatic carbocycles. The second-order valence-electron chi connectivity index (χ2n) is 4.45. The Kier molecular flexibility index (Phi) is 4.46. The van der Waals surface area contributed by atoms with Gasteiger partial charge >= 0.3 is 0 Å². The highest BCUT2D eigenvalue weighted by molar-refractivity contribution is 5.77. The number of carbonyl (C=O) groups is 1. The van der Waals surface area contributed by atoms with E-state index in [0.29, 0.717) is 12.5 Å². The van der Waals surface area contributed by atoms with Crippen LogP contribution in [0.15, 0.2) is 0 Å². The van der Waals surface area contributed by atoms with Crippen molar-refractivity contribution in [3.8, 4) is 0 Å². The molecule has 12 heavy (non-hydrogen) atoms. The van der Waals surface area contributed by atoms with E-state index in [0.717, 1.165) is 6.54 Å². The van der Waals surface area contributed by atoms with E-state index in [1.54, 1.807) is 6.92 Å². The summed E-state index contributed by atoms with van der Waals surface area (Å²) in [4.78, 5) is 10.6. The largest absolute Gasteiger partial charge is 0.309 e. The van der Waals surface area contributed by atoms with Gasteiger partial charge in [0.2, 0.25) is 0 Å². The zero-order valence-corrected chi connectivity index (χ0v) is 8.90. The molecule has 0 aromatic rings. The van der Waals surface area contributed by atoms with Crippen molar-refractivity contribution in [2.24, 2.45) is 11.3 Å². The van der Waals surface area contributed by atoms with Crippen LogP contribution in [0.25, 0.3) is 0 Å². The van der Waals surface area contributed by atoms with Gasteiger partial charge in [-0.1, -0.05) is 27.7 Å². The van der Waals surface area contributed by atoms with Crippen LogP contribution in [0, 0.1) is 11.3 Å². The minimum atomic E-state index is 0.203. The molecule has 1 N–H and O–H groups in total. The minimum Gasteiger partial charge on any atom is -0.309 e. The van der Waals surface area contributed by atoms with Crippen LogP contribution in [-0.2, 0) is 4.79 Å². The summed E-state index contributed by atoms with van der Waals surface area (Å²) in [5.74, 6) is 0.839. The summed E-state index contributed by atoms with van der Waals surface area (Å²) in [6.45, 7) is 11.8. The molecule has 0 bridgehead atoms. The number of rotatable bonds is 5. The Balaban J connectivity index is 3.69. The summed E-state index contributed by atoms with van der Waals surface area (Å²) in [5, 5.41) is 3.16. The van der Waals surface area contributed by atoms with E-state index < -0.39 is 0 Å². The normalized spacial score (nSPS) is 12.2. The molecule has 0 aromatic heterocycles. The van der Waals surface area contributed by atoms with Crippen LogP contribution in [0.4, 0.5) is 0 Å². The van der Waals surface area contributed by atoms with E-state index in [2.05, 4.69) is 33.0 Å². The number of nitrogens with one attached hydrogen (secondary N) is 1. The van der Waals surface area contributed by atoms with Gasteiger partial charge < -0.3 is 5.32 Å². The Morgan fingerprint density at radius 2 is 1.92 bits per heavy atom. The van der Waals surface area contributed by atoms with Crippen LogP contribution in [0.3, 0.4) is 0 Å². The number of Topliss-reactive ketones (excluding diaryl/α,β-unsaturated/α-hetero) is 1. The Morgan fingerprint density at radius 3 is 2.25 bits per heavy atom. The minimum absolute atomic E-state index is 0.203. The molecule has 0 radical (unpaired) electrons. The lowest BCUT2D eigenvalue weighted by Gasteiger charge is -2.29. The van der Waals surface area contributed by atoms with E-state index in [9.17, 15) is 4.79 Å². The first-order chi connectivity index (χ1) is 5.36. The fraction of sp³-hybridized carbons (Fsp3) is 0.900. The van der Waals surface area contributed by atoms with Crippen molar-refractivity contribution >= 4 is 5.78 Å². The monoisotopic (exact) mass is 171 g/mol. The third kappa shape index (κ3) is 4.50. The van der Waals surface area contributed by atoms with Gasteiger partial charge in [0.25, 0.3) is 0 Å². The van der Waals surface area contributed by atoms with Gasteiger partial charge in [-0.25, -0.2) is 0 Å². The Bertz CT molecular complexity index is 150. The van der Waals surface area contributed by atoms with Gasteiger partial charge in [0, 0.05) is 6.54 Å². The standard InChI is InChI=1S/C10H21NO/c1-8(2)10(4,5)7-11-6-9(3)12/h8,11H,6-7H2,1-5H3. The summed E-state index contributed by atoms with van der Waals surface area (Å²) in [6, 6.07) is 0. The Labute approximate surface area is 75.7 Å². The molecule has 0 aromatic carbocycles. The quantitative estimate of drug-likeness (QED) is 0.684. The topological polar surface area (TPSA) is 29.1 Å². The lowest BCUT2D eigenvalue weighted by molar-refractivity contribution is -0.116. The third-order valence-corrected chi connectivity index (χ3v) is 2.52. The lowest BCUT2D eigenvalue weighted by Crippen LogP contribution is -2.35. The van der Waals surface area contributed by atoms with Crippen molar-refractivity contribution in [2.75, 3.05) is 13.1 Å². The van der Waals surface area contributed by atoms with Crippen LogP contribution in [0.1, 0.15) is 34.6 Å². The van der Waals surface area contributed by atoms with Crippen LogP contribution in [0.5, 0.6) is 0 Å². The summed E-state index contributed by atoms with van der Waals surface area (Å²) < 4.78 is 0. The van der Waals surface area contributed by atoms with Crippen molar-refractivity contribution in [3.05, 3.63) is 0 Å². The first-order valence-corrected chi connectivity index (χ1v) is 4.56. The first-order valence-electron chi connectivity index (χ1n) is 4.56. The maximum Gasteiger partial charge on any atom is 0.143 e. The van der Waals surface area contributed by atoms with Gasteiger partial charge in [0.05, 0.1) is 6.54 Å². The fourth-order valence-electron chi connectivity index (χ4n) is 0.765. The summed E-state index contributed by atoms with van der Waals surface area (Å²) in [7, 11) is 0. The van der Waals surface area contributed by atoms with Gasteiger partial charge in [-0.2, -0.15) is 0 Å². The van der Waals surface area contributed by atoms with Gasteiger partial charge in [0.1, 0.15) is 5.78 Å². The average molecular weight is 171 g/mol. The van der Waals surface area contributed by atoms with Crippen molar-refractivity contribution in [3.63, 3.8) is 0 Å². The van der Waals surface area contributed by atoms with Crippen molar-refractivity contribution in [1.82, 2.24) is 5.32 Å². The first kappa shape index (κ1) is 11.6. The molecule has 0 aliphatic heterocycles. The molecule has 0 saturated heterocycles. The molecular weight excluding hydrogens is 150 g/mol. The molecule has 0 amide bonds. The average Bonchev–Trinajstić information content (AvgIpc) is 1.85. The molecule has 0 saturated carbocycles. The molecule has 0 spiro atoms. The predicted molar refractivity (Wildman–Crippen MR) is 52.2 cm³/mol. The highest BCUT2D eigenvalue weighted by Gasteiger charge is 2.21. The Hall–Kier alpha value is -0.370. The molecule has 2 heteroatoms. The maximum absolute atomic E-state index is 10.6. The summed E-state index contributed by atoms with van der Waals surface area (Å²) >= 11 is 0. The molecule has 0 rings (SSSR count). The Morgan fingerprint density at radius 1 is 1.42 bits per heavy atom. The van der Waals surface area contributed by atoms with Crippen LogP contribution < -0.4 is 5.32 Å². The molecule has 2 nitrogen and oxygen atoms in total. The predicted octanol–water partition coefficient (Wildman–Crippen LogP) is 1.85. The van der Waals surface area contributed by atoms with Gasteiger partial charge in [-0.05, 0) is 18.3 Å². The highest BCUT2D eigenvalue weighted by atomic mass is 16.1. The van der Waals surface area contributed by atoms with Crippen LogP contribution in [-0.4, -0.2) is 18.9 Å². The van der Waals surface area contributed by atoms with Crippen molar-refractivity contribution in [2.45, 2.75) is 34.6 Å². The van der Waals surface area contributed by atoms with E-state index in [-0.39, 0.29) is 11.2 Å². The zero-order chi connectivity index (χ0) is 9.78. The molecule has 0 aliphatic rings. The third-order valence-electron chi connectivity index (χ3n) is 2.52.